The van der Waals surface area contributed by atoms with Gasteiger partial charge in [0.2, 0.25) is 5.95 Å². The summed E-state index contributed by atoms with van der Waals surface area (Å²) in [4.78, 5) is 19.8. The van der Waals surface area contributed by atoms with E-state index in [0.29, 0.717) is 29.7 Å². The topological polar surface area (TPSA) is 120 Å². The highest BCUT2D eigenvalue weighted by atomic mass is 35.5. The Morgan fingerprint density at radius 3 is 2.69 bits per heavy atom. The van der Waals surface area contributed by atoms with E-state index in [1.807, 2.05) is 17.9 Å². The minimum atomic E-state index is -0.716. The van der Waals surface area contributed by atoms with Gasteiger partial charge < -0.3 is 21.1 Å². The molecule has 9 nitrogen and oxygen atoms in total. The van der Waals surface area contributed by atoms with Gasteiger partial charge in [0, 0.05) is 30.4 Å². The van der Waals surface area contributed by atoms with Crippen LogP contribution < -0.4 is 16.4 Å². The minimum absolute atomic E-state index is 0.333. The molecular formula is C22H32ClN7O2. The molecule has 0 unspecified atom stereocenters. The number of aryl methyl sites for hydroxylation is 1. The van der Waals surface area contributed by atoms with Crippen LogP contribution >= 0.6 is 11.6 Å². The average molecular weight is 462 g/mol. The summed E-state index contributed by atoms with van der Waals surface area (Å²) in [5, 5.41) is 12.0. The lowest BCUT2D eigenvalue weighted by Gasteiger charge is -2.29. The maximum Gasteiger partial charge on any atom is 0.404 e. The van der Waals surface area contributed by atoms with E-state index in [1.165, 1.54) is 18.5 Å². The molecule has 0 saturated heterocycles. The molecule has 0 spiro atoms. The number of anilines is 1. The van der Waals surface area contributed by atoms with E-state index in [1.54, 1.807) is 6.20 Å². The Kier molecular flexibility index (Phi) is 7.47. The Hall–Kier alpha value is -2.39. The molecule has 4 rings (SSSR count). The van der Waals surface area contributed by atoms with Crippen LogP contribution in [0.1, 0.15) is 50.6 Å². The fraction of sp³-hybridized carbons (Fsp3) is 0.636. The molecule has 0 aliphatic heterocycles. The number of nitrogens with one attached hydrogen (secondary N) is 2. The third-order valence-corrected chi connectivity index (χ3v) is 6.58. The molecule has 174 valence electrons. The summed E-state index contributed by atoms with van der Waals surface area (Å²) < 4.78 is 6.69. The molecule has 0 bridgehead atoms. The number of primary amides is 1. The van der Waals surface area contributed by atoms with Crippen molar-refractivity contribution >= 4 is 23.6 Å². The summed E-state index contributed by atoms with van der Waals surface area (Å²) in [5.41, 5.74) is 7.91. The first-order chi connectivity index (χ1) is 15.5. The largest absolute Gasteiger partial charge is 0.450 e. The zero-order valence-electron chi connectivity index (χ0n) is 18.5. The maximum absolute atomic E-state index is 10.6. The third-order valence-electron chi connectivity index (χ3n) is 6.30. The van der Waals surface area contributed by atoms with Crippen LogP contribution in [-0.4, -0.2) is 51.1 Å². The van der Waals surface area contributed by atoms with Gasteiger partial charge in [0.1, 0.15) is 0 Å². The predicted octanol–water partition coefficient (Wildman–Crippen LogP) is 3.28. The van der Waals surface area contributed by atoms with Gasteiger partial charge >= 0.3 is 6.09 Å². The molecule has 2 aromatic heterocycles. The van der Waals surface area contributed by atoms with Crippen molar-refractivity contribution in [3.8, 4) is 11.3 Å². The number of ether oxygens (including phenoxy) is 1. The third kappa shape index (κ3) is 6.10. The number of amides is 1. The molecule has 0 atom stereocenters. The van der Waals surface area contributed by atoms with Crippen LogP contribution in [0.5, 0.6) is 0 Å². The monoisotopic (exact) mass is 461 g/mol. The summed E-state index contributed by atoms with van der Waals surface area (Å²) >= 11 is 6.48. The van der Waals surface area contributed by atoms with Crippen LogP contribution in [0.3, 0.4) is 0 Å². The van der Waals surface area contributed by atoms with Crippen molar-refractivity contribution in [1.82, 2.24) is 25.1 Å². The Balaban J connectivity index is 1.30. The number of carbonyl (C=O) groups is 1. The highest BCUT2D eigenvalue weighted by molar-refractivity contribution is 6.32. The molecule has 1 amide bonds. The first kappa shape index (κ1) is 22.8. The zero-order valence-corrected chi connectivity index (χ0v) is 19.3. The molecule has 2 aromatic rings. The smallest absolute Gasteiger partial charge is 0.404 e. The number of hydrogen-bond acceptors (Lipinski definition) is 7. The van der Waals surface area contributed by atoms with Crippen molar-refractivity contribution < 1.29 is 9.53 Å². The van der Waals surface area contributed by atoms with E-state index in [-0.39, 0.29) is 0 Å². The summed E-state index contributed by atoms with van der Waals surface area (Å²) in [6.07, 6.45) is 11.4. The number of aromatic nitrogens is 4. The number of nitrogens with zero attached hydrogens (tertiary/aromatic N) is 4. The summed E-state index contributed by atoms with van der Waals surface area (Å²) in [6, 6.07) is 0.809. The van der Waals surface area contributed by atoms with Crippen molar-refractivity contribution in [2.45, 2.75) is 63.5 Å². The number of halogens is 1. The van der Waals surface area contributed by atoms with E-state index >= 15 is 0 Å². The first-order valence-electron chi connectivity index (χ1n) is 11.5. The molecule has 0 radical (unpaired) electrons. The lowest BCUT2D eigenvalue weighted by Crippen LogP contribution is -2.38. The van der Waals surface area contributed by atoms with Crippen molar-refractivity contribution in [2.24, 2.45) is 18.7 Å². The van der Waals surface area contributed by atoms with Crippen LogP contribution in [0.15, 0.2) is 12.4 Å². The molecule has 2 aliphatic rings. The van der Waals surface area contributed by atoms with Gasteiger partial charge in [0.25, 0.3) is 0 Å². The Bertz CT molecular complexity index is 923. The first-order valence-corrected chi connectivity index (χ1v) is 11.8. The Morgan fingerprint density at radius 1 is 1.22 bits per heavy atom. The second-order valence-electron chi connectivity index (χ2n) is 8.83. The molecule has 4 N–H and O–H groups in total. The van der Waals surface area contributed by atoms with E-state index in [2.05, 4.69) is 20.7 Å². The molecule has 10 heteroatoms. The van der Waals surface area contributed by atoms with Gasteiger partial charge in [-0.3, -0.25) is 4.68 Å². The molecule has 2 fully saturated rings. The number of carbonyl (C=O) groups excluding carboxylic acids is 1. The quantitative estimate of drug-likeness (QED) is 0.464. The van der Waals surface area contributed by atoms with Crippen LogP contribution in [0.2, 0.25) is 5.02 Å². The van der Waals surface area contributed by atoms with E-state index < -0.39 is 6.09 Å². The second kappa shape index (κ2) is 10.5. The summed E-state index contributed by atoms with van der Waals surface area (Å²) in [7, 11) is 1.98. The summed E-state index contributed by atoms with van der Waals surface area (Å²) in [6.45, 7) is 1.17. The molecular weight excluding hydrogens is 430 g/mol. The normalized spacial score (nSPS) is 20.8. The SMILES string of the molecule is Cn1ncc(-c2nc(NC3CCC(NCCCOC(N)=O)CC3)ncc2Cl)c1CC1CC1. The molecule has 2 aliphatic carbocycles. The number of nitrogens with two attached hydrogens (primary N) is 1. The van der Waals surface area contributed by atoms with Gasteiger partial charge in [0.15, 0.2) is 0 Å². The molecule has 2 heterocycles. The Labute approximate surface area is 193 Å². The van der Waals surface area contributed by atoms with Crippen LogP contribution in [0.25, 0.3) is 11.3 Å². The van der Waals surface area contributed by atoms with Crippen molar-refractivity contribution in [1.29, 1.82) is 0 Å². The lowest BCUT2D eigenvalue weighted by molar-refractivity contribution is 0.154. The van der Waals surface area contributed by atoms with Gasteiger partial charge in [-0.05, 0) is 63.8 Å². The Morgan fingerprint density at radius 2 is 1.97 bits per heavy atom. The molecule has 2 saturated carbocycles. The van der Waals surface area contributed by atoms with Crippen LogP contribution in [0, 0.1) is 5.92 Å². The highest BCUT2D eigenvalue weighted by Crippen LogP contribution is 2.37. The fourth-order valence-corrected chi connectivity index (χ4v) is 4.49. The lowest BCUT2D eigenvalue weighted by atomic mass is 9.91. The van der Waals surface area contributed by atoms with Gasteiger partial charge in [-0.15, -0.1) is 0 Å². The number of rotatable bonds is 10. The van der Waals surface area contributed by atoms with E-state index in [4.69, 9.17) is 27.1 Å². The number of hydrogen-bond donors (Lipinski definition) is 3. The van der Waals surface area contributed by atoms with E-state index in [0.717, 1.165) is 62.2 Å². The van der Waals surface area contributed by atoms with Crippen LogP contribution in [0.4, 0.5) is 10.7 Å². The van der Waals surface area contributed by atoms with Crippen molar-refractivity contribution in [2.75, 3.05) is 18.5 Å². The van der Waals surface area contributed by atoms with Gasteiger partial charge in [-0.1, -0.05) is 11.6 Å². The van der Waals surface area contributed by atoms with E-state index in [9.17, 15) is 4.79 Å². The average Bonchev–Trinajstić information content (AvgIpc) is 3.52. The van der Waals surface area contributed by atoms with Crippen molar-refractivity contribution in [3.05, 3.63) is 23.1 Å². The zero-order chi connectivity index (χ0) is 22.5. The predicted molar refractivity (Wildman–Crippen MR) is 123 cm³/mol. The van der Waals surface area contributed by atoms with Gasteiger partial charge in [-0.2, -0.15) is 5.10 Å². The maximum atomic E-state index is 10.6. The molecule has 32 heavy (non-hydrogen) atoms. The van der Waals surface area contributed by atoms with Gasteiger partial charge in [0.05, 0.1) is 29.7 Å². The summed E-state index contributed by atoms with van der Waals surface area (Å²) in [5.74, 6) is 1.37. The second-order valence-corrected chi connectivity index (χ2v) is 9.24. The van der Waals surface area contributed by atoms with Crippen LogP contribution in [-0.2, 0) is 18.2 Å². The van der Waals surface area contributed by atoms with Crippen molar-refractivity contribution in [3.63, 3.8) is 0 Å². The van der Waals surface area contributed by atoms with Gasteiger partial charge in [-0.25, -0.2) is 14.8 Å². The fourth-order valence-electron chi connectivity index (χ4n) is 4.30. The minimum Gasteiger partial charge on any atom is -0.450 e. The standard InChI is InChI=1S/C22H32ClN7O2/c1-30-19(11-14-3-4-14)17(12-27-30)20-18(23)13-26-22(29-20)28-16-7-5-15(6-8-16)25-9-2-10-32-21(24)31/h12-16,25H,2-11H2,1H3,(H2,24,31)(H,26,28,29). The molecule has 0 aromatic carbocycles. The highest BCUT2D eigenvalue weighted by Gasteiger charge is 2.26.